The molecule has 0 aliphatic carbocycles. The molecule has 1 aromatic heterocycles. The third kappa shape index (κ3) is 3.65. The van der Waals surface area contributed by atoms with Crippen molar-refractivity contribution in [1.29, 1.82) is 0 Å². The van der Waals surface area contributed by atoms with E-state index in [2.05, 4.69) is 73.8 Å². The maximum absolute atomic E-state index is 4.19. The summed E-state index contributed by atoms with van der Waals surface area (Å²) in [5.41, 5.74) is 2.17. The van der Waals surface area contributed by atoms with Crippen LogP contribution >= 0.6 is 15.9 Å². The molecule has 0 aromatic carbocycles. The Kier molecular flexibility index (Phi) is 4.58. The number of rotatable bonds is 3. The van der Waals surface area contributed by atoms with E-state index >= 15 is 0 Å². The van der Waals surface area contributed by atoms with Crippen LogP contribution in [0.5, 0.6) is 0 Å². The summed E-state index contributed by atoms with van der Waals surface area (Å²) >= 11 is 3.44. The van der Waals surface area contributed by atoms with E-state index in [0.29, 0.717) is 5.04 Å². The molecule has 0 saturated heterocycles. The Morgan fingerprint density at radius 1 is 1.35 bits per heavy atom. The predicted molar refractivity (Wildman–Crippen MR) is 82.3 cm³/mol. The van der Waals surface area contributed by atoms with Gasteiger partial charge < -0.3 is 0 Å². The van der Waals surface area contributed by atoms with Crippen molar-refractivity contribution in [1.82, 2.24) is 4.98 Å². The van der Waals surface area contributed by atoms with Crippen molar-refractivity contribution in [2.75, 3.05) is 0 Å². The first kappa shape index (κ1) is 14.9. The molecule has 0 N–H and O–H groups in total. The van der Waals surface area contributed by atoms with Crippen molar-refractivity contribution >= 4 is 24.0 Å². The first-order valence-electron chi connectivity index (χ1n) is 6.25. The van der Waals surface area contributed by atoms with Crippen LogP contribution in [0.3, 0.4) is 0 Å². The van der Waals surface area contributed by atoms with Crippen molar-refractivity contribution in [2.24, 2.45) is 0 Å². The standard InChI is InChI=1S/C14H24BrNSi/c1-11(17(5,6)14(2,3)4)9-12-7-8-16-13(15)10-12/h7-8,10-11H,9H2,1-6H3/t11-/m0/s1. The third-order valence-corrected chi connectivity index (χ3v) is 11.5. The van der Waals surface area contributed by atoms with E-state index in [1.165, 1.54) is 5.56 Å². The molecule has 1 nitrogen and oxygen atoms in total. The van der Waals surface area contributed by atoms with Gasteiger partial charge in [0.1, 0.15) is 4.60 Å². The van der Waals surface area contributed by atoms with Gasteiger partial charge in [-0.15, -0.1) is 0 Å². The number of pyridine rings is 1. The molecule has 3 heteroatoms. The van der Waals surface area contributed by atoms with Crippen LogP contribution < -0.4 is 0 Å². The molecule has 1 rings (SSSR count). The molecule has 0 aliphatic rings. The smallest absolute Gasteiger partial charge is 0.106 e. The molecule has 0 fully saturated rings. The lowest BCUT2D eigenvalue weighted by Crippen LogP contribution is -2.41. The summed E-state index contributed by atoms with van der Waals surface area (Å²) < 4.78 is 0.942. The Hall–Kier alpha value is -0.153. The molecular weight excluding hydrogens is 290 g/mol. The monoisotopic (exact) mass is 313 g/mol. The second kappa shape index (κ2) is 5.23. The largest absolute Gasteiger partial charge is 0.249 e. The van der Waals surface area contributed by atoms with Gasteiger partial charge in [-0.1, -0.05) is 40.8 Å². The van der Waals surface area contributed by atoms with Crippen molar-refractivity contribution in [2.45, 2.75) is 57.8 Å². The fourth-order valence-corrected chi connectivity index (χ4v) is 4.55. The molecule has 17 heavy (non-hydrogen) atoms. The number of hydrogen-bond acceptors (Lipinski definition) is 1. The number of halogens is 1. The van der Waals surface area contributed by atoms with E-state index in [-0.39, 0.29) is 0 Å². The fourth-order valence-electron chi connectivity index (χ4n) is 1.92. The molecule has 0 aliphatic heterocycles. The molecule has 0 bridgehead atoms. The van der Waals surface area contributed by atoms with Gasteiger partial charge in [0.15, 0.2) is 0 Å². The van der Waals surface area contributed by atoms with Crippen LogP contribution in [0.1, 0.15) is 33.3 Å². The van der Waals surface area contributed by atoms with Crippen LogP contribution in [0.2, 0.25) is 23.7 Å². The van der Waals surface area contributed by atoms with Crippen LogP contribution in [-0.2, 0) is 6.42 Å². The van der Waals surface area contributed by atoms with Gasteiger partial charge in [-0.05, 0) is 50.6 Å². The summed E-state index contributed by atoms with van der Waals surface area (Å²) in [5, 5.41) is 0.455. The lowest BCUT2D eigenvalue weighted by molar-refractivity contribution is 0.681. The Morgan fingerprint density at radius 2 is 1.94 bits per heavy atom. The Labute approximate surface area is 115 Å². The van der Waals surface area contributed by atoms with Crippen LogP contribution in [0, 0.1) is 0 Å². The normalized spacial score (nSPS) is 14.8. The van der Waals surface area contributed by atoms with Crippen LogP contribution in [0.25, 0.3) is 0 Å². The maximum atomic E-state index is 4.19. The Morgan fingerprint density at radius 3 is 2.41 bits per heavy atom. The van der Waals surface area contributed by atoms with Gasteiger partial charge in [0.05, 0.1) is 8.07 Å². The minimum absolute atomic E-state index is 0.455. The summed E-state index contributed by atoms with van der Waals surface area (Å²) in [6, 6.07) is 4.28. The summed E-state index contributed by atoms with van der Waals surface area (Å²) in [6.07, 6.45) is 3.05. The zero-order valence-corrected chi connectivity index (χ0v) is 14.4. The zero-order valence-electron chi connectivity index (χ0n) is 11.8. The lowest BCUT2D eigenvalue weighted by atomic mass is 10.1. The average molecular weight is 314 g/mol. The van der Waals surface area contributed by atoms with Crippen molar-refractivity contribution in [3.8, 4) is 0 Å². The second-order valence-corrected chi connectivity index (χ2v) is 13.3. The molecule has 0 spiro atoms. The highest BCUT2D eigenvalue weighted by Crippen LogP contribution is 2.44. The molecule has 0 saturated carbocycles. The van der Waals surface area contributed by atoms with E-state index < -0.39 is 8.07 Å². The molecule has 1 heterocycles. The zero-order chi connectivity index (χ0) is 13.3. The van der Waals surface area contributed by atoms with Crippen molar-refractivity contribution in [3.63, 3.8) is 0 Å². The highest BCUT2D eigenvalue weighted by Gasteiger charge is 2.39. The second-order valence-electron chi connectivity index (χ2n) is 6.56. The molecule has 96 valence electrons. The molecule has 0 radical (unpaired) electrons. The number of aromatic nitrogens is 1. The lowest BCUT2D eigenvalue weighted by Gasteiger charge is -2.42. The predicted octanol–water partition coefficient (Wildman–Crippen LogP) is 5.29. The Bertz CT molecular complexity index is 382. The summed E-state index contributed by atoms with van der Waals surface area (Å²) in [7, 11) is -1.24. The van der Waals surface area contributed by atoms with Crippen molar-refractivity contribution < 1.29 is 0 Å². The van der Waals surface area contributed by atoms with Gasteiger partial charge in [-0.25, -0.2) is 4.98 Å². The molecular formula is C14H24BrNSi. The highest BCUT2D eigenvalue weighted by molar-refractivity contribution is 9.10. The summed E-state index contributed by atoms with van der Waals surface area (Å²) in [6.45, 7) is 14.6. The van der Waals surface area contributed by atoms with Gasteiger partial charge in [0, 0.05) is 6.20 Å². The van der Waals surface area contributed by atoms with Gasteiger partial charge in [-0.2, -0.15) is 0 Å². The maximum Gasteiger partial charge on any atom is 0.106 e. The fraction of sp³-hybridized carbons (Fsp3) is 0.643. The topological polar surface area (TPSA) is 12.9 Å². The summed E-state index contributed by atoms with van der Waals surface area (Å²) in [4.78, 5) is 4.19. The quantitative estimate of drug-likeness (QED) is 0.546. The SMILES string of the molecule is C[C@@H](Cc1ccnc(Br)c1)[Si](C)(C)C(C)(C)C. The Balaban J connectivity index is 2.83. The van der Waals surface area contributed by atoms with E-state index in [1.54, 1.807) is 0 Å². The highest BCUT2D eigenvalue weighted by atomic mass is 79.9. The van der Waals surface area contributed by atoms with E-state index in [1.807, 2.05) is 6.20 Å². The van der Waals surface area contributed by atoms with Crippen LogP contribution in [0.15, 0.2) is 22.9 Å². The number of hydrogen-bond donors (Lipinski definition) is 0. The van der Waals surface area contributed by atoms with Crippen LogP contribution in [-0.4, -0.2) is 13.1 Å². The first-order chi connectivity index (χ1) is 7.64. The minimum Gasteiger partial charge on any atom is -0.249 e. The average Bonchev–Trinajstić information content (AvgIpc) is 2.15. The van der Waals surface area contributed by atoms with Gasteiger partial charge in [0.25, 0.3) is 0 Å². The molecule has 1 atom stereocenters. The van der Waals surface area contributed by atoms with Gasteiger partial charge >= 0.3 is 0 Å². The molecule has 1 aromatic rings. The minimum atomic E-state index is -1.24. The van der Waals surface area contributed by atoms with E-state index in [0.717, 1.165) is 16.6 Å². The molecule has 0 amide bonds. The van der Waals surface area contributed by atoms with Crippen molar-refractivity contribution in [3.05, 3.63) is 28.5 Å². The molecule has 0 unspecified atom stereocenters. The first-order valence-corrected chi connectivity index (χ1v) is 10.1. The van der Waals surface area contributed by atoms with Gasteiger partial charge in [-0.3, -0.25) is 0 Å². The van der Waals surface area contributed by atoms with Crippen LogP contribution in [0.4, 0.5) is 0 Å². The summed E-state index contributed by atoms with van der Waals surface area (Å²) in [5.74, 6) is 0. The van der Waals surface area contributed by atoms with E-state index in [9.17, 15) is 0 Å². The van der Waals surface area contributed by atoms with E-state index in [4.69, 9.17) is 0 Å². The number of nitrogens with zero attached hydrogens (tertiary/aromatic N) is 1. The third-order valence-electron chi connectivity index (χ3n) is 4.50. The van der Waals surface area contributed by atoms with Gasteiger partial charge in [0.2, 0.25) is 0 Å².